The Morgan fingerprint density at radius 2 is 2.30 bits per heavy atom. The van der Waals surface area contributed by atoms with Crippen LogP contribution in [0.4, 0.5) is 0 Å². The lowest BCUT2D eigenvalue weighted by Crippen LogP contribution is -2.37. The van der Waals surface area contributed by atoms with Gasteiger partial charge in [-0.3, -0.25) is 5.43 Å². The molecule has 1 rings (SSSR count). The summed E-state index contributed by atoms with van der Waals surface area (Å²) in [4.78, 5) is 0. The maximum absolute atomic E-state index is 3.47. The second-order valence-corrected chi connectivity index (χ2v) is 3.35. The van der Waals surface area contributed by atoms with Crippen LogP contribution in [0.1, 0.15) is 27.2 Å². The van der Waals surface area contributed by atoms with Gasteiger partial charge in [0.15, 0.2) is 0 Å². The quantitative estimate of drug-likeness (QED) is 0.624. The van der Waals surface area contributed by atoms with Gasteiger partial charge in [0.05, 0.1) is 0 Å². The first-order valence-electron chi connectivity index (χ1n) is 4.25. The van der Waals surface area contributed by atoms with E-state index in [1.165, 1.54) is 13.0 Å². The molecule has 2 heteroatoms. The normalized spacial score (nSPS) is 28.2. The third-order valence-corrected chi connectivity index (χ3v) is 2.24. The molecule has 0 saturated carbocycles. The lowest BCUT2D eigenvalue weighted by Gasteiger charge is -2.17. The van der Waals surface area contributed by atoms with Crippen LogP contribution in [0.3, 0.4) is 0 Å². The minimum Gasteiger partial charge on any atom is -0.252 e. The minimum absolute atomic E-state index is 0.722. The Balaban J connectivity index is 2.28. The van der Waals surface area contributed by atoms with Crippen LogP contribution in [0.2, 0.25) is 0 Å². The van der Waals surface area contributed by atoms with Crippen LogP contribution in [0.25, 0.3) is 0 Å². The number of hydrogen-bond donors (Lipinski definition) is 1. The molecule has 0 aromatic heterocycles. The first kappa shape index (κ1) is 8.02. The molecule has 10 heavy (non-hydrogen) atoms. The molecule has 0 spiro atoms. The van der Waals surface area contributed by atoms with E-state index in [-0.39, 0.29) is 0 Å². The van der Waals surface area contributed by atoms with Crippen molar-refractivity contribution in [2.75, 3.05) is 13.1 Å². The third-order valence-electron chi connectivity index (χ3n) is 2.24. The highest BCUT2D eigenvalue weighted by Gasteiger charge is 2.22. The van der Waals surface area contributed by atoms with E-state index in [1.54, 1.807) is 0 Å². The van der Waals surface area contributed by atoms with Crippen molar-refractivity contribution in [2.24, 2.45) is 5.92 Å². The van der Waals surface area contributed by atoms with E-state index in [0.29, 0.717) is 0 Å². The first-order valence-corrected chi connectivity index (χ1v) is 4.25. The summed E-state index contributed by atoms with van der Waals surface area (Å²) in [7, 11) is 0. The van der Waals surface area contributed by atoms with E-state index in [2.05, 4.69) is 31.2 Å². The molecular weight excluding hydrogens is 124 g/mol. The Kier molecular flexibility index (Phi) is 2.69. The molecule has 0 amide bonds. The van der Waals surface area contributed by atoms with Crippen LogP contribution in [0.15, 0.2) is 0 Å². The highest BCUT2D eigenvalue weighted by atomic mass is 15.5. The van der Waals surface area contributed by atoms with Gasteiger partial charge < -0.3 is 0 Å². The van der Waals surface area contributed by atoms with Crippen LogP contribution in [0.5, 0.6) is 0 Å². The van der Waals surface area contributed by atoms with Gasteiger partial charge in [0.2, 0.25) is 0 Å². The predicted molar refractivity (Wildman–Crippen MR) is 43.6 cm³/mol. The molecule has 1 aliphatic heterocycles. The number of nitrogens with zero attached hydrogens (tertiary/aromatic N) is 1. The number of nitrogens with one attached hydrogen (secondary N) is 1. The van der Waals surface area contributed by atoms with Crippen molar-refractivity contribution in [3.63, 3.8) is 0 Å². The topological polar surface area (TPSA) is 15.3 Å². The van der Waals surface area contributed by atoms with E-state index in [0.717, 1.165) is 18.5 Å². The van der Waals surface area contributed by atoms with E-state index in [4.69, 9.17) is 0 Å². The fourth-order valence-corrected chi connectivity index (χ4v) is 1.39. The second kappa shape index (κ2) is 3.35. The van der Waals surface area contributed by atoms with Gasteiger partial charge in [0, 0.05) is 19.1 Å². The van der Waals surface area contributed by atoms with Crippen molar-refractivity contribution in [3.05, 3.63) is 0 Å². The zero-order valence-electron chi connectivity index (χ0n) is 7.22. The summed E-state index contributed by atoms with van der Waals surface area (Å²) in [6, 6.07) is 0.722. The highest BCUT2D eigenvalue weighted by Crippen LogP contribution is 2.12. The minimum atomic E-state index is 0.722. The fourth-order valence-electron chi connectivity index (χ4n) is 1.39. The zero-order valence-corrected chi connectivity index (χ0v) is 7.22. The van der Waals surface area contributed by atoms with Crippen LogP contribution in [0, 0.1) is 5.92 Å². The molecule has 1 saturated heterocycles. The highest BCUT2D eigenvalue weighted by molar-refractivity contribution is 4.76. The fraction of sp³-hybridized carbons (Fsp3) is 1.00. The summed E-state index contributed by atoms with van der Waals surface area (Å²) in [5.41, 5.74) is 3.47. The van der Waals surface area contributed by atoms with Crippen LogP contribution >= 0.6 is 0 Å². The van der Waals surface area contributed by atoms with E-state index < -0.39 is 0 Å². The average Bonchev–Trinajstić information content (AvgIpc) is 2.34. The summed E-state index contributed by atoms with van der Waals surface area (Å²) in [6.07, 6.45) is 1.31. The smallest absolute Gasteiger partial charge is 0.0250 e. The average molecular weight is 142 g/mol. The van der Waals surface area contributed by atoms with Crippen LogP contribution in [-0.2, 0) is 0 Å². The Hall–Kier alpha value is -0.0800. The van der Waals surface area contributed by atoms with E-state index in [9.17, 15) is 0 Å². The lowest BCUT2D eigenvalue weighted by atomic mass is 10.0. The van der Waals surface area contributed by atoms with Gasteiger partial charge in [-0.25, -0.2) is 5.01 Å². The molecule has 1 N–H and O–H groups in total. The van der Waals surface area contributed by atoms with Crippen molar-refractivity contribution in [1.82, 2.24) is 10.4 Å². The SMILES string of the molecule is CCN1CCC(C(C)C)N1. The number of hydrogen-bond acceptors (Lipinski definition) is 2. The lowest BCUT2D eigenvalue weighted by molar-refractivity contribution is 0.232. The molecule has 1 heterocycles. The third kappa shape index (κ3) is 1.70. The zero-order chi connectivity index (χ0) is 7.56. The Morgan fingerprint density at radius 1 is 1.60 bits per heavy atom. The molecule has 0 radical (unpaired) electrons. The van der Waals surface area contributed by atoms with Gasteiger partial charge in [0.25, 0.3) is 0 Å². The van der Waals surface area contributed by atoms with Crippen molar-refractivity contribution in [3.8, 4) is 0 Å². The number of hydrazine groups is 1. The molecule has 60 valence electrons. The van der Waals surface area contributed by atoms with Crippen molar-refractivity contribution < 1.29 is 0 Å². The van der Waals surface area contributed by atoms with E-state index in [1.807, 2.05) is 0 Å². The maximum Gasteiger partial charge on any atom is 0.0250 e. The molecule has 2 nitrogen and oxygen atoms in total. The molecule has 1 aliphatic rings. The van der Waals surface area contributed by atoms with Crippen LogP contribution < -0.4 is 5.43 Å². The van der Waals surface area contributed by atoms with Crippen molar-refractivity contribution in [2.45, 2.75) is 33.2 Å². The Bertz CT molecular complexity index is 101. The molecule has 1 unspecified atom stereocenters. The molecule has 1 atom stereocenters. The van der Waals surface area contributed by atoms with Crippen molar-refractivity contribution in [1.29, 1.82) is 0 Å². The summed E-state index contributed by atoms with van der Waals surface area (Å²) in [5, 5.41) is 2.30. The number of rotatable bonds is 2. The largest absolute Gasteiger partial charge is 0.252 e. The van der Waals surface area contributed by atoms with Gasteiger partial charge >= 0.3 is 0 Å². The Labute approximate surface area is 63.6 Å². The van der Waals surface area contributed by atoms with E-state index >= 15 is 0 Å². The maximum atomic E-state index is 3.47. The molecular formula is C8H18N2. The molecule has 0 aromatic carbocycles. The predicted octanol–water partition coefficient (Wildman–Crippen LogP) is 1.24. The molecule has 1 fully saturated rings. The summed E-state index contributed by atoms with van der Waals surface area (Å²) >= 11 is 0. The summed E-state index contributed by atoms with van der Waals surface area (Å²) < 4.78 is 0. The van der Waals surface area contributed by atoms with Gasteiger partial charge in [-0.1, -0.05) is 20.8 Å². The van der Waals surface area contributed by atoms with Gasteiger partial charge in [0.1, 0.15) is 0 Å². The first-order chi connectivity index (χ1) is 4.74. The van der Waals surface area contributed by atoms with Gasteiger partial charge in [-0.2, -0.15) is 0 Å². The van der Waals surface area contributed by atoms with Crippen molar-refractivity contribution >= 4 is 0 Å². The molecule has 0 aliphatic carbocycles. The summed E-state index contributed by atoms with van der Waals surface area (Å²) in [6.45, 7) is 9.09. The Morgan fingerprint density at radius 3 is 2.60 bits per heavy atom. The second-order valence-electron chi connectivity index (χ2n) is 3.35. The molecule has 0 bridgehead atoms. The van der Waals surface area contributed by atoms with Gasteiger partial charge in [-0.05, 0) is 12.3 Å². The molecule has 0 aromatic rings. The monoisotopic (exact) mass is 142 g/mol. The summed E-state index contributed by atoms with van der Waals surface area (Å²) in [5.74, 6) is 0.775. The standard InChI is InChI=1S/C8H18N2/c1-4-10-6-5-8(9-10)7(2)3/h7-9H,4-6H2,1-3H3. The van der Waals surface area contributed by atoms with Crippen LogP contribution in [-0.4, -0.2) is 24.1 Å². The van der Waals surface area contributed by atoms with Gasteiger partial charge in [-0.15, -0.1) is 0 Å².